The lowest BCUT2D eigenvalue weighted by Crippen LogP contribution is -2.49. The van der Waals surface area contributed by atoms with Gasteiger partial charge in [0.05, 0.1) is 23.6 Å². The van der Waals surface area contributed by atoms with Crippen LogP contribution in [-0.4, -0.2) is 40.4 Å². The number of aromatic amines is 1. The Morgan fingerprint density at radius 1 is 1.44 bits per heavy atom. The zero-order chi connectivity index (χ0) is 18.0. The number of esters is 1. The second kappa shape index (κ2) is 7.28. The number of nitrogens with zero attached hydrogens (tertiary/aromatic N) is 1. The molecule has 0 saturated carbocycles. The highest BCUT2D eigenvalue weighted by atomic mass is 32.2. The van der Waals surface area contributed by atoms with Gasteiger partial charge in [0, 0.05) is 11.4 Å². The van der Waals surface area contributed by atoms with Crippen LogP contribution in [0.15, 0.2) is 32.7 Å². The van der Waals surface area contributed by atoms with Crippen molar-refractivity contribution in [3.05, 3.63) is 33.1 Å². The minimum absolute atomic E-state index is 0.212. The number of thioether (sulfide) groups is 1. The van der Waals surface area contributed by atoms with E-state index < -0.39 is 12.0 Å². The number of nitrogens with one attached hydrogen (secondary N) is 3. The molecule has 0 aromatic carbocycles. The van der Waals surface area contributed by atoms with Gasteiger partial charge < -0.3 is 20.4 Å². The van der Waals surface area contributed by atoms with Gasteiger partial charge in [-0.2, -0.15) is 0 Å². The highest BCUT2D eigenvalue weighted by molar-refractivity contribution is 7.99. The number of H-pyrrole nitrogens is 1. The van der Waals surface area contributed by atoms with Crippen LogP contribution in [-0.2, 0) is 9.53 Å². The van der Waals surface area contributed by atoms with Gasteiger partial charge >= 0.3 is 12.0 Å². The van der Waals surface area contributed by atoms with Crippen molar-refractivity contribution in [2.24, 2.45) is 0 Å². The predicted octanol–water partition coefficient (Wildman–Crippen LogP) is 1.60. The van der Waals surface area contributed by atoms with Gasteiger partial charge in [-0.1, -0.05) is 11.8 Å². The highest BCUT2D eigenvalue weighted by Gasteiger charge is 2.29. The Morgan fingerprint density at radius 3 is 3.00 bits per heavy atom. The normalized spacial score (nSPS) is 17.4. The van der Waals surface area contributed by atoms with Crippen molar-refractivity contribution in [1.82, 2.24) is 20.6 Å². The van der Waals surface area contributed by atoms with Gasteiger partial charge in [0.15, 0.2) is 5.16 Å². The summed E-state index contributed by atoms with van der Waals surface area (Å²) in [7, 11) is 0. The Balaban J connectivity index is 1.86. The van der Waals surface area contributed by atoms with Crippen LogP contribution in [0.2, 0.25) is 0 Å². The van der Waals surface area contributed by atoms with Crippen molar-refractivity contribution in [3.8, 4) is 0 Å². The number of urea groups is 1. The number of hydrogen-bond donors (Lipinski definition) is 3. The van der Waals surface area contributed by atoms with Gasteiger partial charge in [-0.15, -0.1) is 11.3 Å². The minimum Gasteiger partial charge on any atom is -0.463 e. The Hall–Kier alpha value is -2.33. The Morgan fingerprint density at radius 2 is 2.24 bits per heavy atom. The molecule has 0 aliphatic carbocycles. The zero-order valence-electron chi connectivity index (χ0n) is 13.5. The first-order valence-electron chi connectivity index (χ1n) is 7.57. The molecule has 8 nitrogen and oxygen atoms in total. The number of amides is 2. The van der Waals surface area contributed by atoms with Crippen LogP contribution in [0.5, 0.6) is 0 Å². The first-order valence-corrected chi connectivity index (χ1v) is 9.44. The van der Waals surface area contributed by atoms with Crippen LogP contribution in [0.1, 0.15) is 13.8 Å². The van der Waals surface area contributed by atoms with Crippen molar-refractivity contribution < 1.29 is 14.3 Å². The lowest BCUT2D eigenvalue weighted by atomic mass is 10.1. The number of ether oxygens (including phenoxy) is 1. The summed E-state index contributed by atoms with van der Waals surface area (Å²) in [4.78, 5) is 43.6. The molecule has 0 radical (unpaired) electrons. The number of aromatic nitrogens is 2. The quantitative estimate of drug-likeness (QED) is 0.412. The highest BCUT2D eigenvalue weighted by Crippen LogP contribution is 2.23. The standard InChI is InChI=1S/C15H16N4O4S2/c1-3-23-13(21)10-7(2)16-14(22)17-9(10)6-25-15-18-11(20)8-4-5-24-12(8)19-15/h4-5,7H,3,6H2,1-2H3,(H2,16,17,22)(H,18,19,20). The number of rotatable bonds is 5. The van der Waals surface area contributed by atoms with Gasteiger partial charge in [0.1, 0.15) is 4.83 Å². The van der Waals surface area contributed by atoms with Crippen molar-refractivity contribution in [1.29, 1.82) is 0 Å². The third-order valence-corrected chi connectivity index (χ3v) is 5.24. The van der Waals surface area contributed by atoms with Crippen LogP contribution in [0, 0.1) is 0 Å². The summed E-state index contributed by atoms with van der Waals surface area (Å²) in [5, 5.41) is 8.06. The molecule has 2 aromatic heterocycles. The minimum atomic E-state index is -0.478. The number of thiophene rings is 1. The van der Waals surface area contributed by atoms with Crippen molar-refractivity contribution >= 4 is 45.3 Å². The molecule has 3 rings (SSSR count). The van der Waals surface area contributed by atoms with E-state index >= 15 is 0 Å². The SMILES string of the molecule is CCOC(=O)C1=C(CSc2nc3sccc3c(=O)[nH]2)NC(=O)NC1C. The Kier molecular flexibility index (Phi) is 5.09. The van der Waals surface area contributed by atoms with Crippen LogP contribution in [0.25, 0.3) is 10.2 Å². The summed E-state index contributed by atoms with van der Waals surface area (Å²) >= 11 is 2.61. The number of hydrogen-bond acceptors (Lipinski definition) is 7. The number of carbonyl (C=O) groups is 2. The van der Waals surface area contributed by atoms with E-state index in [1.807, 2.05) is 0 Å². The van der Waals surface area contributed by atoms with Gasteiger partial charge in [-0.05, 0) is 25.3 Å². The maximum Gasteiger partial charge on any atom is 0.337 e. The molecular formula is C15H16N4O4S2. The molecule has 1 aliphatic rings. The molecule has 10 heteroatoms. The van der Waals surface area contributed by atoms with Crippen molar-refractivity contribution in [3.63, 3.8) is 0 Å². The molecule has 2 aromatic rings. The second-order valence-corrected chi connectivity index (χ2v) is 7.09. The fourth-order valence-corrected chi connectivity index (χ4v) is 4.10. The number of fused-ring (bicyclic) bond motifs is 1. The van der Waals surface area contributed by atoms with Crippen LogP contribution < -0.4 is 16.2 Å². The lowest BCUT2D eigenvalue weighted by Gasteiger charge is -2.26. The van der Waals surface area contributed by atoms with E-state index in [0.29, 0.717) is 26.6 Å². The molecule has 132 valence electrons. The molecule has 1 atom stereocenters. The lowest BCUT2D eigenvalue weighted by molar-refractivity contribution is -0.138. The van der Waals surface area contributed by atoms with Gasteiger partial charge in [0.2, 0.25) is 0 Å². The average Bonchev–Trinajstić information content (AvgIpc) is 3.01. The van der Waals surface area contributed by atoms with Crippen molar-refractivity contribution in [2.45, 2.75) is 25.0 Å². The average molecular weight is 380 g/mol. The fourth-order valence-electron chi connectivity index (χ4n) is 2.45. The summed E-state index contributed by atoms with van der Waals surface area (Å²) < 4.78 is 5.07. The fraction of sp³-hybridized carbons (Fsp3) is 0.333. The smallest absolute Gasteiger partial charge is 0.337 e. The molecule has 2 amide bonds. The summed E-state index contributed by atoms with van der Waals surface area (Å²) in [5.41, 5.74) is 0.609. The summed E-state index contributed by atoms with van der Waals surface area (Å²) in [5.74, 6) is -0.209. The Bertz CT molecular complexity index is 918. The largest absolute Gasteiger partial charge is 0.463 e. The van der Waals surface area contributed by atoms with Gasteiger partial charge in [-0.25, -0.2) is 14.6 Å². The van der Waals surface area contributed by atoms with Gasteiger partial charge in [-0.3, -0.25) is 4.79 Å². The molecule has 0 saturated heterocycles. The van der Waals surface area contributed by atoms with E-state index in [9.17, 15) is 14.4 Å². The molecule has 3 heterocycles. The predicted molar refractivity (Wildman–Crippen MR) is 95.8 cm³/mol. The zero-order valence-corrected chi connectivity index (χ0v) is 15.2. The monoisotopic (exact) mass is 380 g/mol. The van der Waals surface area contributed by atoms with Gasteiger partial charge in [0.25, 0.3) is 5.56 Å². The molecule has 1 unspecified atom stereocenters. The van der Waals surface area contributed by atoms with Crippen LogP contribution in [0.3, 0.4) is 0 Å². The first-order chi connectivity index (χ1) is 12.0. The molecule has 1 aliphatic heterocycles. The number of carbonyl (C=O) groups excluding carboxylic acids is 2. The second-order valence-electron chi connectivity index (χ2n) is 5.23. The topological polar surface area (TPSA) is 113 Å². The van der Waals surface area contributed by atoms with Crippen LogP contribution >= 0.6 is 23.1 Å². The molecular weight excluding hydrogens is 364 g/mol. The van der Waals surface area contributed by atoms with E-state index in [0.717, 1.165) is 0 Å². The van der Waals surface area contributed by atoms with E-state index in [2.05, 4.69) is 20.6 Å². The summed E-state index contributed by atoms with van der Waals surface area (Å²) in [6.45, 7) is 3.68. The molecule has 0 fully saturated rings. The van der Waals surface area contributed by atoms with Crippen LogP contribution in [0.4, 0.5) is 4.79 Å². The molecule has 25 heavy (non-hydrogen) atoms. The van der Waals surface area contributed by atoms with Crippen molar-refractivity contribution in [2.75, 3.05) is 12.4 Å². The maximum absolute atomic E-state index is 12.2. The first kappa shape index (κ1) is 17.5. The summed E-state index contributed by atoms with van der Waals surface area (Å²) in [6.07, 6.45) is 0. The third kappa shape index (κ3) is 3.69. The van der Waals surface area contributed by atoms with E-state index in [-0.39, 0.29) is 24.0 Å². The Labute approximate surface area is 151 Å². The van der Waals surface area contributed by atoms with E-state index in [1.165, 1.54) is 23.1 Å². The summed E-state index contributed by atoms with van der Waals surface area (Å²) in [6, 6.07) is 0.873. The third-order valence-electron chi connectivity index (χ3n) is 3.53. The molecule has 3 N–H and O–H groups in total. The maximum atomic E-state index is 12.2. The van der Waals surface area contributed by atoms with E-state index in [1.54, 1.807) is 25.3 Å². The molecule has 0 bridgehead atoms. The molecule has 0 spiro atoms. The van der Waals surface area contributed by atoms with E-state index in [4.69, 9.17) is 4.74 Å².